The Labute approximate surface area is 151 Å². The number of halogens is 1. The highest BCUT2D eigenvalue weighted by molar-refractivity contribution is 6.04. The summed E-state index contributed by atoms with van der Waals surface area (Å²) in [5.74, 6) is -0.713. The third kappa shape index (κ3) is 3.13. The minimum atomic E-state index is -0.720. The molecule has 2 heterocycles. The van der Waals surface area contributed by atoms with Crippen molar-refractivity contribution in [2.24, 2.45) is 11.1 Å². The topological polar surface area (TPSA) is 118 Å². The van der Waals surface area contributed by atoms with E-state index in [0.29, 0.717) is 30.2 Å². The standard InChI is InChI=1S/C18H21FN6O/c1-18(3-6-25(10-18)5-2-4-20)13(9-21)17-23-14-8-11(19)7-12(16(22)26)15(14)24-17/h7-9,21,23-24H,2-3,5-6,10H2,1H3,(H2,22,26)/b17-13+,21-9?. The average molecular weight is 356 g/mol. The lowest BCUT2D eigenvalue weighted by Crippen LogP contribution is -2.29. The summed E-state index contributed by atoms with van der Waals surface area (Å²) in [5.41, 5.74) is 6.73. The Morgan fingerprint density at radius 3 is 2.96 bits per heavy atom. The lowest BCUT2D eigenvalue weighted by atomic mass is 9.81. The van der Waals surface area contributed by atoms with Crippen LogP contribution in [0.4, 0.5) is 15.8 Å². The monoisotopic (exact) mass is 356 g/mol. The van der Waals surface area contributed by atoms with E-state index in [4.69, 9.17) is 16.4 Å². The molecule has 0 saturated carbocycles. The predicted molar refractivity (Wildman–Crippen MR) is 97.4 cm³/mol. The lowest BCUT2D eigenvalue weighted by Gasteiger charge is -2.27. The highest BCUT2D eigenvalue weighted by Crippen LogP contribution is 2.42. The molecule has 1 fully saturated rings. The third-order valence-corrected chi connectivity index (χ3v) is 5.03. The summed E-state index contributed by atoms with van der Waals surface area (Å²) in [7, 11) is 0. The predicted octanol–water partition coefficient (Wildman–Crippen LogP) is 2.25. The third-order valence-electron chi connectivity index (χ3n) is 5.03. The molecule has 26 heavy (non-hydrogen) atoms. The summed E-state index contributed by atoms with van der Waals surface area (Å²) in [4.78, 5) is 13.8. The van der Waals surface area contributed by atoms with Gasteiger partial charge in [0.1, 0.15) is 11.6 Å². The van der Waals surface area contributed by atoms with Gasteiger partial charge in [-0.25, -0.2) is 4.39 Å². The van der Waals surface area contributed by atoms with Crippen LogP contribution in [-0.4, -0.2) is 36.7 Å². The van der Waals surface area contributed by atoms with E-state index in [0.717, 1.165) is 31.1 Å². The Kier molecular flexibility index (Phi) is 4.66. The largest absolute Gasteiger partial charge is 0.366 e. The number of amides is 1. The second-order valence-corrected chi connectivity index (χ2v) is 6.92. The number of fused-ring (bicyclic) bond motifs is 1. The van der Waals surface area contributed by atoms with Crippen LogP contribution in [0, 0.1) is 28.0 Å². The Morgan fingerprint density at radius 2 is 2.31 bits per heavy atom. The average Bonchev–Trinajstić information content (AvgIpc) is 3.16. The second kappa shape index (κ2) is 6.77. The van der Waals surface area contributed by atoms with E-state index in [9.17, 15) is 9.18 Å². The Balaban J connectivity index is 1.92. The van der Waals surface area contributed by atoms with Gasteiger partial charge in [-0.2, -0.15) is 5.26 Å². The van der Waals surface area contributed by atoms with Gasteiger partial charge < -0.3 is 26.7 Å². The van der Waals surface area contributed by atoms with Gasteiger partial charge in [0.05, 0.1) is 23.0 Å². The molecule has 5 N–H and O–H groups in total. The number of nitrogens with one attached hydrogen (secondary N) is 3. The van der Waals surface area contributed by atoms with E-state index in [-0.39, 0.29) is 11.0 Å². The zero-order chi connectivity index (χ0) is 18.9. The highest BCUT2D eigenvalue weighted by atomic mass is 19.1. The number of hydrogen-bond donors (Lipinski definition) is 4. The Bertz CT molecular complexity index is 843. The first-order valence-corrected chi connectivity index (χ1v) is 8.40. The van der Waals surface area contributed by atoms with Crippen LogP contribution in [0.5, 0.6) is 0 Å². The molecule has 0 aliphatic carbocycles. The fourth-order valence-corrected chi connectivity index (χ4v) is 3.68. The van der Waals surface area contributed by atoms with E-state index in [1.165, 1.54) is 12.3 Å². The molecule has 1 aromatic carbocycles. The molecule has 0 radical (unpaired) electrons. The summed E-state index contributed by atoms with van der Waals surface area (Å²) in [6, 6.07) is 4.54. The van der Waals surface area contributed by atoms with Crippen LogP contribution in [-0.2, 0) is 0 Å². The fraction of sp³-hybridized carbons (Fsp3) is 0.389. The summed E-state index contributed by atoms with van der Waals surface area (Å²) in [6.07, 6.45) is 2.59. The molecule has 1 aromatic rings. The zero-order valence-electron chi connectivity index (χ0n) is 14.5. The minimum absolute atomic E-state index is 0.0686. The molecule has 136 valence electrons. The quantitative estimate of drug-likeness (QED) is 0.604. The molecule has 1 amide bonds. The molecule has 2 aliphatic heterocycles. The molecule has 2 aliphatic rings. The van der Waals surface area contributed by atoms with E-state index in [1.54, 1.807) is 0 Å². The summed E-state index contributed by atoms with van der Waals surface area (Å²) >= 11 is 0. The van der Waals surface area contributed by atoms with Crippen LogP contribution in [0.15, 0.2) is 23.5 Å². The van der Waals surface area contributed by atoms with Crippen molar-refractivity contribution < 1.29 is 9.18 Å². The number of carbonyl (C=O) groups is 1. The maximum Gasteiger partial charge on any atom is 0.250 e. The molecule has 1 saturated heterocycles. The van der Waals surface area contributed by atoms with Crippen LogP contribution < -0.4 is 16.4 Å². The number of likely N-dealkylation sites (tertiary alicyclic amines) is 1. The van der Waals surface area contributed by atoms with Crippen LogP contribution >= 0.6 is 0 Å². The van der Waals surface area contributed by atoms with Gasteiger partial charge in [0.2, 0.25) is 0 Å². The number of nitrogens with two attached hydrogens (primary N) is 1. The van der Waals surface area contributed by atoms with Gasteiger partial charge >= 0.3 is 0 Å². The van der Waals surface area contributed by atoms with Gasteiger partial charge in [-0.15, -0.1) is 0 Å². The van der Waals surface area contributed by atoms with E-state index in [2.05, 4.69) is 28.5 Å². The van der Waals surface area contributed by atoms with Gasteiger partial charge in [0.15, 0.2) is 0 Å². The Morgan fingerprint density at radius 1 is 1.54 bits per heavy atom. The number of hydrogen-bond acceptors (Lipinski definition) is 6. The normalized spacial score (nSPS) is 23.6. The van der Waals surface area contributed by atoms with Gasteiger partial charge in [-0.1, -0.05) is 6.92 Å². The molecule has 3 rings (SSSR count). The summed E-state index contributed by atoms with van der Waals surface area (Å²) in [6.45, 7) is 4.33. The highest BCUT2D eigenvalue weighted by Gasteiger charge is 2.39. The van der Waals surface area contributed by atoms with Crippen LogP contribution in [0.2, 0.25) is 0 Å². The van der Waals surface area contributed by atoms with E-state index in [1.807, 2.05) is 0 Å². The van der Waals surface area contributed by atoms with Crippen LogP contribution in [0.3, 0.4) is 0 Å². The molecule has 8 heteroatoms. The molecule has 7 nitrogen and oxygen atoms in total. The van der Waals surface area contributed by atoms with Crippen molar-refractivity contribution >= 4 is 23.5 Å². The Hall–Kier alpha value is -2.92. The maximum atomic E-state index is 13.8. The number of benzene rings is 1. The number of rotatable bonds is 5. The van der Waals surface area contributed by atoms with Crippen LogP contribution in [0.25, 0.3) is 0 Å². The van der Waals surface area contributed by atoms with Crippen molar-refractivity contribution in [3.8, 4) is 6.07 Å². The summed E-state index contributed by atoms with van der Waals surface area (Å²) < 4.78 is 13.8. The van der Waals surface area contributed by atoms with Crippen LogP contribution in [0.1, 0.15) is 30.1 Å². The van der Waals surface area contributed by atoms with Crippen molar-refractivity contribution in [1.82, 2.24) is 4.90 Å². The van der Waals surface area contributed by atoms with Crippen molar-refractivity contribution in [3.05, 3.63) is 34.9 Å². The lowest BCUT2D eigenvalue weighted by molar-refractivity contribution is 0.100. The van der Waals surface area contributed by atoms with Crippen molar-refractivity contribution in [2.75, 3.05) is 30.3 Å². The van der Waals surface area contributed by atoms with Gasteiger partial charge in [0.25, 0.3) is 5.91 Å². The SMILES string of the molecule is CC1(/C(C=N)=C2\Nc3cc(F)cc(C(N)=O)c3N2)CCN(CCC#N)C1. The number of primary amides is 1. The number of carbonyl (C=O) groups excluding carboxylic acids is 1. The van der Waals surface area contributed by atoms with Gasteiger partial charge in [-0.3, -0.25) is 4.79 Å². The van der Waals surface area contributed by atoms with E-state index >= 15 is 0 Å². The van der Waals surface area contributed by atoms with Crippen molar-refractivity contribution in [3.63, 3.8) is 0 Å². The first kappa shape index (κ1) is 17.9. The minimum Gasteiger partial charge on any atom is -0.366 e. The number of anilines is 2. The second-order valence-electron chi connectivity index (χ2n) is 6.92. The molecule has 1 unspecified atom stereocenters. The first-order valence-electron chi connectivity index (χ1n) is 8.40. The molecular weight excluding hydrogens is 335 g/mol. The fourth-order valence-electron chi connectivity index (χ4n) is 3.68. The van der Waals surface area contributed by atoms with Crippen molar-refractivity contribution in [2.45, 2.75) is 19.8 Å². The molecule has 0 bridgehead atoms. The molecule has 0 aromatic heterocycles. The number of nitriles is 1. The molecule has 1 atom stereocenters. The zero-order valence-corrected chi connectivity index (χ0v) is 14.5. The first-order chi connectivity index (χ1) is 12.4. The van der Waals surface area contributed by atoms with E-state index < -0.39 is 11.7 Å². The smallest absolute Gasteiger partial charge is 0.250 e. The number of nitrogens with zero attached hydrogens (tertiary/aromatic N) is 2. The van der Waals surface area contributed by atoms with Crippen molar-refractivity contribution in [1.29, 1.82) is 10.7 Å². The maximum absolute atomic E-state index is 13.8. The van der Waals surface area contributed by atoms with Gasteiger partial charge in [0, 0.05) is 36.7 Å². The molecular formula is C18H21FN6O. The molecule has 0 spiro atoms. The summed E-state index contributed by atoms with van der Waals surface area (Å²) in [5, 5.41) is 22.9. The van der Waals surface area contributed by atoms with Gasteiger partial charge in [-0.05, 0) is 25.1 Å².